The molecule has 0 unspecified atom stereocenters. The monoisotopic (exact) mass is 352 g/mol. The van der Waals surface area contributed by atoms with E-state index < -0.39 is 10.5 Å². The van der Waals surface area contributed by atoms with Gasteiger partial charge in [0.2, 0.25) is 0 Å². The fourth-order valence-electron chi connectivity index (χ4n) is 2.35. The number of anilines is 1. The van der Waals surface area contributed by atoms with E-state index in [0.29, 0.717) is 11.4 Å². The Labute approximate surface area is 141 Å². The largest absolute Gasteiger partial charge is 0.367 e. The Morgan fingerprint density at radius 3 is 2.48 bits per heavy atom. The number of nitro benzene ring substituents is 1. The van der Waals surface area contributed by atoms with E-state index in [1.807, 2.05) is 16.7 Å². The van der Waals surface area contributed by atoms with Crippen LogP contribution in [-0.2, 0) is 0 Å². The van der Waals surface area contributed by atoms with Crippen LogP contribution in [0.15, 0.2) is 35.3 Å². The highest BCUT2D eigenvalue weighted by Crippen LogP contribution is 2.24. The van der Waals surface area contributed by atoms with Gasteiger partial charge in [0, 0.05) is 36.7 Å². The van der Waals surface area contributed by atoms with E-state index >= 15 is 0 Å². The van der Waals surface area contributed by atoms with Gasteiger partial charge in [-0.3, -0.25) is 14.9 Å². The van der Waals surface area contributed by atoms with Gasteiger partial charge in [0.05, 0.1) is 22.5 Å². The van der Waals surface area contributed by atoms with Crippen LogP contribution in [0.25, 0.3) is 5.69 Å². The maximum absolute atomic E-state index is 12.5. The van der Waals surface area contributed by atoms with Gasteiger partial charge in [0.15, 0.2) is 0 Å². The minimum atomic E-state index is -0.496. The van der Waals surface area contributed by atoms with Crippen molar-refractivity contribution in [3.05, 3.63) is 56.0 Å². The summed E-state index contributed by atoms with van der Waals surface area (Å²) in [6, 6.07) is 5.60. The summed E-state index contributed by atoms with van der Waals surface area (Å²) in [6.45, 7) is 1.65. The van der Waals surface area contributed by atoms with E-state index in [0.717, 1.165) is 29.3 Å². The standard InChI is InChI=1S/C14H13ClN4O3S/c15-13-12(17-5-7-23-8-6-17)9-16-18(14(13)20)10-1-3-11(4-2-10)19(21)22/h1-4,9H,5-8H2. The summed E-state index contributed by atoms with van der Waals surface area (Å²) in [5.74, 6) is 1.98. The summed E-state index contributed by atoms with van der Waals surface area (Å²) < 4.78 is 1.15. The zero-order chi connectivity index (χ0) is 16.4. The quantitative estimate of drug-likeness (QED) is 0.623. The Bertz CT molecular complexity index is 788. The molecular formula is C14H13ClN4O3S. The Balaban J connectivity index is 1.96. The fourth-order valence-corrected chi connectivity index (χ4v) is 3.50. The molecule has 0 amide bonds. The number of rotatable bonds is 3. The fraction of sp³-hybridized carbons (Fsp3) is 0.286. The summed E-state index contributed by atoms with van der Waals surface area (Å²) >= 11 is 8.10. The molecule has 0 radical (unpaired) electrons. The molecule has 0 bridgehead atoms. The van der Waals surface area contributed by atoms with Gasteiger partial charge in [-0.15, -0.1) is 0 Å². The lowest BCUT2D eigenvalue weighted by molar-refractivity contribution is -0.384. The van der Waals surface area contributed by atoms with Gasteiger partial charge in [-0.25, -0.2) is 0 Å². The van der Waals surface area contributed by atoms with Crippen LogP contribution in [0.2, 0.25) is 5.02 Å². The highest BCUT2D eigenvalue weighted by molar-refractivity contribution is 7.99. The molecule has 9 heteroatoms. The normalized spacial score (nSPS) is 14.7. The summed E-state index contributed by atoms with van der Waals surface area (Å²) in [5.41, 5.74) is 0.588. The van der Waals surface area contributed by atoms with Crippen molar-refractivity contribution in [2.24, 2.45) is 0 Å². The third-order valence-electron chi connectivity index (χ3n) is 3.56. The van der Waals surface area contributed by atoms with Gasteiger partial charge in [-0.2, -0.15) is 21.5 Å². The minimum absolute atomic E-state index is 0.0460. The van der Waals surface area contributed by atoms with Crippen molar-refractivity contribution in [1.82, 2.24) is 9.78 Å². The molecule has 0 spiro atoms. The second-order valence-corrected chi connectivity index (χ2v) is 6.54. The summed E-state index contributed by atoms with van der Waals surface area (Å²) in [6.07, 6.45) is 1.57. The van der Waals surface area contributed by atoms with Crippen LogP contribution in [0.5, 0.6) is 0 Å². The van der Waals surface area contributed by atoms with Crippen molar-refractivity contribution in [1.29, 1.82) is 0 Å². The molecule has 0 N–H and O–H groups in total. The van der Waals surface area contributed by atoms with Crippen LogP contribution in [0.1, 0.15) is 0 Å². The number of hydrogen-bond acceptors (Lipinski definition) is 6. The number of halogens is 1. The number of nitro groups is 1. The molecule has 120 valence electrons. The number of aromatic nitrogens is 2. The number of hydrogen-bond donors (Lipinski definition) is 0. The van der Waals surface area contributed by atoms with Crippen molar-refractivity contribution >= 4 is 34.7 Å². The van der Waals surface area contributed by atoms with Gasteiger partial charge < -0.3 is 4.90 Å². The van der Waals surface area contributed by atoms with E-state index in [1.54, 1.807) is 6.20 Å². The zero-order valence-corrected chi connectivity index (χ0v) is 13.6. The van der Waals surface area contributed by atoms with Crippen molar-refractivity contribution in [2.45, 2.75) is 0 Å². The van der Waals surface area contributed by atoms with Crippen LogP contribution in [0.4, 0.5) is 11.4 Å². The van der Waals surface area contributed by atoms with E-state index in [9.17, 15) is 14.9 Å². The molecule has 0 saturated carbocycles. The first kappa shape index (κ1) is 15.8. The highest BCUT2D eigenvalue weighted by Gasteiger charge is 2.18. The Hall–Kier alpha value is -2.06. The Kier molecular flexibility index (Phi) is 4.53. The Morgan fingerprint density at radius 2 is 1.87 bits per heavy atom. The maximum atomic E-state index is 12.5. The minimum Gasteiger partial charge on any atom is -0.367 e. The molecular weight excluding hydrogens is 340 g/mol. The van der Waals surface area contributed by atoms with Crippen molar-refractivity contribution in [3.8, 4) is 5.69 Å². The molecule has 2 heterocycles. The summed E-state index contributed by atoms with van der Waals surface area (Å²) in [4.78, 5) is 24.7. The SMILES string of the molecule is O=c1c(Cl)c(N2CCSCC2)cnn1-c1ccc([N+](=O)[O-])cc1. The predicted molar refractivity (Wildman–Crippen MR) is 91.0 cm³/mol. The first-order valence-corrected chi connectivity index (χ1v) is 8.46. The molecule has 7 nitrogen and oxygen atoms in total. The van der Waals surface area contributed by atoms with Crippen molar-refractivity contribution < 1.29 is 4.92 Å². The lowest BCUT2D eigenvalue weighted by Crippen LogP contribution is -2.35. The molecule has 2 aromatic rings. The average molecular weight is 353 g/mol. The van der Waals surface area contributed by atoms with Crippen LogP contribution in [0, 0.1) is 10.1 Å². The average Bonchev–Trinajstić information content (AvgIpc) is 2.58. The smallest absolute Gasteiger partial charge is 0.292 e. The second kappa shape index (κ2) is 6.59. The maximum Gasteiger partial charge on any atom is 0.292 e. The molecule has 0 aliphatic carbocycles. The molecule has 1 aliphatic heterocycles. The second-order valence-electron chi connectivity index (χ2n) is 4.93. The van der Waals surface area contributed by atoms with Gasteiger partial charge >= 0.3 is 0 Å². The van der Waals surface area contributed by atoms with Gasteiger partial charge in [-0.1, -0.05) is 11.6 Å². The van der Waals surface area contributed by atoms with Crippen molar-refractivity contribution in [3.63, 3.8) is 0 Å². The van der Waals surface area contributed by atoms with Gasteiger partial charge in [0.1, 0.15) is 5.02 Å². The molecule has 1 aromatic carbocycles. The van der Waals surface area contributed by atoms with E-state index in [4.69, 9.17) is 11.6 Å². The first-order valence-electron chi connectivity index (χ1n) is 6.93. The molecule has 1 aliphatic rings. The van der Waals surface area contributed by atoms with E-state index in [-0.39, 0.29) is 10.7 Å². The molecule has 1 saturated heterocycles. The Morgan fingerprint density at radius 1 is 1.22 bits per heavy atom. The summed E-state index contributed by atoms with van der Waals surface area (Å²) in [5, 5.41) is 15.0. The molecule has 3 rings (SSSR count). The van der Waals surface area contributed by atoms with Crippen LogP contribution < -0.4 is 10.5 Å². The topological polar surface area (TPSA) is 81.3 Å². The molecule has 23 heavy (non-hydrogen) atoms. The van der Waals surface area contributed by atoms with Crippen molar-refractivity contribution in [2.75, 3.05) is 29.5 Å². The van der Waals surface area contributed by atoms with Gasteiger partial charge in [0.25, 0.3) is 11.2 Å². The first-order chi connectivity index (χ1) is 11.1. The molecule has 0 atom stereocenters. The van der Waals surface area contributed by atoms with Crippen LogP contribution >= 0.6 is 23.4 Å². The lowest BCUT2D eigenvalue weighted by atomic mass is 10.3. The number of non-ortho nitro benzene ring substituents is 1. The summed E-state index contributed by atoms with van der Waals surface area (Å²) in [7, 11) is 0. The third kappa shape index (κ3) is 3.18. The number of thioether (sulfide) groups is 1. The van der Waals surface area contributed by atoms with E-state index in [1.165, 1.54) is 24.3 Å². The van der Waals surface area contributed by atoms with E-state index in [2.05, 4.69) is 5.10 Å². The lowest BCUT2D eigenvalue weighted by Gasteiger charge is -2.28. The third-order valence-corrected chi connectivity index (χ3v) is 4.86. The number of benzene rings is 1. The van der Waals surface area contributed by atoms with Gasteiger partial charge in [-0.05, 0) is 12.1 Å². The van der Waals surface area contributed by atoms with Crippen LogP contribution in [0.3, 0.4) is 0 Å². The number of nitrogens with zero attached hydrogens (tertiary/aromatic N) is 4. The molecule has 1 aromatic heterocycles. The highest BCUT2D eigenvalue weighted by atomic mass is 35.5. The van der Waals surface area contributed by atoms with Crippen LogP contribution in [-0.4, -0.2) is 39.3 Å². The predicted octanol–water partition coefficient (Wildman–Crippen LogP) is 2.35. The zero-order valence-electron chi connectivity index (χ0n) is 12.0. The molecule has 1 fully saturated rings.